The van der Waals surface area contributed by atoms with E-state index in [0.717, 1.165) is 31.0 Å². The van der Waals surface area contributed by atoms with E-state index in [1.54, 1.807) is 7.11 Å². The van der Waals surface area contributed by atoms with Gasteiger partial charge in [-0.15, -0.1) is 0 Å². The Labute approximate surface area is 134 Å². The number of ether oxygens (including phenoxy) is 1. The topological polar surface area (TPSA) is 21.3 Å². The molecule has 0 aliphatic carbocycles. The Bertz CT molecular complexity index is 590. The number of halogens is 3. The predicted molar refractivity (Wildman–Crippen MR) is 87.2 cm³/mol. The van der Waals surface area contributed by atoms with Gasteiger partial charge in [0.2, 0.25) is 0 Å². The molecule has 0 aromatic heterocycles. The lowest BCUT2D eigenvalue weighted by atomic mass is 10.2. The first-order valence-corrected chi connectivity index (χ1v) is 7.58. The van der Waals surface area contributed by atoms with Crippen LogP contribution in [0.1, 0.15) is 5.56 Å². The molecule has 0 heterocycles. The van der Waals surface area contributed by atoms with Crippen molar-refractivity contribution in [1.82, 2.24) is 0 Å². The van der Waals surface area contributed by atoms with Crippen LogP contribution in [0.25, 0.3) is 0 Å². The van der Waals surface area contributed by atoms with E-state index >= 15 is 0 Å². The van der Waals surface area contributed by atoms with Crippen LogP contribution in [0.5, 0.6) is 5.75 Å². The van der Waals surface area contributed by atoms with E-state index < -0.39 is 0 Å². The Balaban J connectivity index is 2.14. The Hall–Kier alpha value is -0.710. The Kier molecular flexibility index (Phi) is 5.13. The van der Waals surface area contributed by atoms with Gasteiger partial charge in [-0.05, 0) is 45.8 Å². The van der Waals surface area contributed by atoms with E-state index in [2.05, 4.69) is 37.2 Å². The summed E-state index contributed by atoms with van der Waals surface area (Å²) in [6.45, 7) is 0.698. The molecule has 100 valence electrons. The van der Waals surface area contributed by atoms with E-state index in [4.69, 9.17) is 16.3 Å². The molecule has 19 heavy (non-hydrogen) atoms. The van der Waals surface area contributed by atoms with E-state index in [1.807, 2.05) is 36.4 Å². The average molecular weight is 406 g/mol. The lowest BCUT2D eigenvalue weighted by Crippen LogP contribution is -2.01. The number of hydrogen-bond donors (Lipinski definition) is 1. The second-order valence-electron chi connectivity index (χ2n) is 3.94. The molecular formula is C14H12Br2ClNO. The SMILES string of the molecule is COc1ccc(Br)c(NCc2ccc(Cl)cc2Br)c1. The summed E-state index contributed by atoms with van der Waals surface area (Å²) >= 11 is 12.9. The van der Waals surface area contributed by atoms with E-state index in [9.17, 15) is 0 Å². The molecular weight excluding hydrogens is 393 g/mol. The van der Waals surface area contributed by atoms with Crippen LogP contribution in [-0.4, -0.2) is 7.11 Å². The highest BCUT2D eigenvalue weighted by Crippen LogP contribution is 2.28. The van der Waals surface area contributed by atoms with Crippen LogP contribution in [0, 0.1) is 0 Å². The molecule has 0 aliphatic heterocycles. The molecule has 5 heteroatoms. The van der Waals surface area contributed by atoms with Crippen molar-refractivity contribution in [2.75, 3.05) is 12.4 Å². The number of nitrogens with one attached hydrogen (secondary N) is 1. The van der Waals surface area contributed by atoms with Crippen molar-refractivity contribution in [3.63, 3.8) is 0 Å². The minimum Gasteiger partial charge on any atom is -0.497 e. The molecule has 0 aliphatic rings. The summed E-state index contributed by atoms with van der Waals surface area (Å²) in [6.07, 6.45) is 0. The molecule has 0 saturated heterocycles. The fourth-order valence-electron chi connectivity index (χ4n) is 1.62. The van der Waals surface area contributed by atoms with Crippen molar-refractivity contribution < 1.29 is 4.74 Å². The molecule has 0 bridgehead atoms. The average Bonchev–Trinajstić information content (AvgIpc) is 2.39. The number of rotatable bonds is 4. The van der Waals surface area contributed by atoms with Crippen molar-refractivity contribution in [3.05, 3.63) is 55.9 Å². The van der Waals surface area contributed by atoms with E-state index in [0.29, 0.717) is 6.54 Å². The van der Waals surface area contributed by atoms with Gasteiger partial charge in [0.25, 0.3) is 0 Å². The first-order chi connectivity index (χ1) is 9.10. The monoisotopic (exact) mass is 403 g/mol. The number of anilines is 1. The van der Waals surface area contributed by atoms with Gasteiger partial charge in [0, 0.05) is 26.6 Å². The summed E-state index contributed by atoms with van der Waals surface area (Å²) in [6, 6.07) is 11.6. The van der Waals surface area contributed by atoms with Crippen LogP contribution in [0.3, 0.4) is 0 Å². The van der Waals surface area contributed by atoms with Gasteiger partial charge in [0.1, 0.15) is 5.75 Å². The quantitative estimate of drug-likeness (QED) is 0.727. The molecule has 0 spiro atoms. The maximum Gasteiger partial charge on any atom is 0.121 e. The van der Waals surface area contributed by atoms with Gasteiger partial charge >= 0.3 is 0 Å². The third-order valence-corrected chi connectivity index (χ3v) is 4.32. The third-order valence-electron chi connectivity index (χ3n) is 2.66. The van der Waals surface area contributed by atoms with Gasteiger partial charge < -0.3 is 10.1 Å². The number of benzene rings is 2. The van der Waals surface area contributed by atoms with Crippen LogP contribution in [-0.2, 0) is 6.54 Å². The molecule has 0 unspecified atom stereocenters. The summed E-state index contributed by atoms with van der Waals surface area (Å²) in [5, 5.41) is 4.08. The highest BCUT2D eigenvalue weighted by Gasteiger charge is 2.04. The van der Waals surface area contributed by atoms with Gasteiger partial charge in [-0.2, -0.15) is 0 Å². The molecule has 0 radical (unpaired) electrons. The maximum atomic E-state index is 5.92. The zero-order chi connectivity index (χ0) is 13.8. The van der Waals surface area contributed by atoms with Crippen molar-refractivity contribution in [1.29, 1.82) is 0 Å². The number of hydrogen-bond acceptors (Lipinski definition) is 2. The summed E-state index contributed by atoms with van der Waals surface area (Å²) in [4.78, 5) is 0. The Morgan fingerprint density at radius 3 is 2.58 bits per heavy atom. The van der Waals surface area contributed by atoms with Gasteiger partial charge in [-0.3, -0.25) is 0 Å². The zero-order valence-corrected chi connectivity index (χ0v) is 14.1. The zero-order valence-electron chi connectivity index (χ0n) is 10.2. The van der Waals surface area contributed by atoms with Crippen molar-refractivity contribution in [3.8, 4) is 5.75 Å². The highest BCUT2D eigenvalue weighted by atomic mass is 79.9. The fourth-order valence-corrected chi connectivity index (χ4v) is 2.83. The molecule has 0 amide bonds. The molecule has 1 N–H and O–H groups in total. The molecule has 2 nitrogen and oxygen atoms in total. The van der Waals surface area contributed by atoms with E-state index in [-0.39, 0.29) is 0 Å². The highest BCUT2D eigenvalue weighted by molar-refractivity contribution is 9.11. The largest absolute Gasteiger partial charge is 0.497 e. The molecule has 0 saturated carbocycles. The van der Waals surface area contributed by atoms with Crippen LogP contribution in [0.2, 0.25) is 5.02 Å². The minimum absolute atomic E-state index is 0.698. The van der Waals surface area contributed by atoms with Gasteiger partial charge in [0.15, 0.2) is 0 Å². The number of methoxy groups -OCH3 is 1. The molecule has 0 fully saturated rings. The van der Waals surface area contributed by atoms with Crippen LogP contribution >= 0.6 is 43.5 Å². The predicted octanol–water partition coefficient (Wildman–Crippen LogP) is 5.49. The maximum absolute atomic E-state index is 5.92. The fraction of sp³-hybridized carbons (Fsp3) is 0.143. The third kappa shape index (κ3) is 3.88. The molecule has 0 atom stereocenters. The standard InChI is InChI=1S/C14H12Br2ClNO/c1-19-11-4-5-12(15)14(7-11)18-8-9-2-3-10(17)6-13(9)16/h2-7,18H,8H2,1H3. The minimum atomic E-state index is 0.698. The van der Waals surface area contributed by atoms with Crippen molar-refractivity contribution in [2.24, 2.45) is 0 Å². The lowest BCUT2D eigenvalue weighted by Gasteiger charge is -2.11. The van der Waals surface area contributed by atoms with Crippen LogP contribution < -0.4 is 10.1 Å². The summed E-state index contributed by atoms with van der Waals surface area (Å²) in [7, 11) is 1.66. The normalized spacial score (nSPS) is 10.3. The van der Waals surface area contributed by atoms with Gasteiger partial charge in [-0.1, -0.05) is 33.6 Å². The molecule has 2 rings (SSSR count). The van der Waals surface area contributed by atoms with Crippen molar-refractivity contribution >= 4 is 49.1 Å². The Morgan fingerprint density at radius 1 is 1.11 bits per heavy atom. The van der Waals surface area contributed by atoms with Gasteiger partial charge in [-0.25, -0.2) is 0 Å². The van der Waals surface area contributed by atoms with E-state index in [1.165, 1.54) is 0 Å². The second-order valence-corrected chi connectivity index (χ2v) is 6.08. The summed E-state index contributed by atoms with van der Waals surface area (Å²) < 4.78 is 7.20. The lowest BCUT2D eigenvalue weighted by molar-refractivity contribution is 0.415. The molecule has 2 aromatic carbocycles. The molecule has 2 aromatic rings. The first kappa shape index (κ1) is 14.7. The van der Waals surface area contributed by atoms with Gasteiger partial charge in [0.05, 0.1) is 12.8 Å². The first-order valence-electron chi connectivity index (χ1n) is 5.61. The summed E-state index contributed by atoms with van der Waals surface area (Å²) in [5.74, 6) is 0.820. The summed E-state index contributed by atoms with van der Waals surface area (Å²) in [5.41, 5.74) is 2.13. The van der Waals surface area contributed by atoms with Crippen LogP contribution in [0.4, 0.5) is 5.69 Å². The second kappa shape index (κ2) is 6.64. The Morgan fingerprint density at radius 2 is 1.89 bits per heavy atom. The van der Waals surface area contributed by atoms with Crippen LogP contribution in [0.15, 0.2) is 45.3 Å². The van der Waals surface area contributed by atoms with Crippen molar-refractivity contribution in [2.45, 2.75) is 6.54 Å². The smallest absolute Gasteiger partial charge is 0.121 e.